The van der Waals surface area contributed by atoms with E-state index in [9.17, 15) is 9.59 Å². The van der Waals surface area contributed by atoms with Gasteiger partial charge in [0.1, 0.15) is 5.82 Å². The van der Waals surface area contributed by atoms with Crippen molar-refractivity contribution in [2.75, 3.05) is 5.32 Å². The first-order valence-electron chi connectivity index (χ1n) is 6.69. The van der Waals surface area contributed by atoms with Crippen LogP contribution < -0.4 is 11.1 Å². The van der Waals surface area contributed by atoms with E-state index >= 15 is 0 Å². The summed E-state index contributed by atoms with van der Waals surface area (Å²) in [5.74, 6) is -1.18. The van der Waals surface area contributed by atoms with E-state index in [1.165, 1.54) is 0 Å². The number of aromatic nitrogens is 1. The van der Waals surface area contributed by atoms with Gasteiger partial charge in [-0.05, 0) is 18.6 Å². The minimum Gasteiger partial charge on any atom is -0.481 e. The van der Waals surface area contributed by atoms with E-state index in [4.69, 9.17) is 10.8 Å². The number of aliphatic carboxylic acids is 1. The molecule has 0 saturated carbocycles. The monoisotopic (exact) mass is 287 g/mol. The van der Waals surface area contributed by atoms with Gasteiger partial charge in [-0.2, -0.15) is 0 Å². The number of nitrogens with two attached hydrogens (primary N) is 1. The summed E-state index contributed by atoms with van der Waals surface area (Å²) in [6, 6.07) is 8.71. The zero-order valence-corrected chi connectivity index (χ0v) is 11.7. The molecule has 1 atom stereocenters. The first-order chi connectivity index (χ1) is 10.0. The summed E-state index contributed by atoms with van der Waals surface area (Å²) < 4.78 is 0. The van der Waals surface area contributed by atoms with Crippen LogP contribution in [0.4, 0.5) is 5.82 Å². The van der Waals surface area contributed by atoms with Crippen LogP contribution in [0.25, 0.3) is 10.9 Å². The number of pyridine rings is 1. The number of nitrogens with zero attached hydrogens (tertiary/aromatic N) is 1. The van der Waals surface area contributed by atoms with Crippen LogP contribution in [0.5, 0.6) is 0 Å². The fourth-order valence-corrected chi connectivity index (χ4v) is 2.12. The highest BCUT2D eigenvalue weighted by molar-refractivity contribution is 6.01. The van der Waals surface area contributed by atoms with Crippen molar-refractivity contribution < 1.29 is 14.7 Å². The number of primary amides is 1. The number of fused-ring (bicyclic) bond motifs is 1. The van der Waals surface area contributed by atoms with E-state index in [0.717, 1.165) is 10.9 Å². The summed E-state index contributed by atoms with van der Waals surface area (Å²) in [4.78, 5) is 26.8. The highest BCUT2D eigenvalue weighted by Crippen LogP contribution is 2.21. The van der Waals surface area contributed by atoms with Crippen LogP contribution in [0.3, 0.4) is 0 Å². The van der Waals surface area contributed by atoms with E-state index in [1.54, 1.807) is 6.07 Å². The minimum absolute atomic E-state index is 0.0524. The van der Waals surface area contributed by atoms with E-state index in [-0.39, 0.29) is 18.0 Å². The van der Waals surface area contributed by atoms with Gasteiger partial charge in [0.15, 0.2) is 0 Å². The summed E-state index contributed by atoms with van der Waals surface area (Å²) in [6.07, 6.45) is 0.544. The van der Waals surface area contributed by atoms with Crippen molar-refractivity contribution in [2.45, 2.75) is 25.8 Å². The number of benzene rings is 1. The number of nitrogens with one attached hydrogen (secondary N) is 1. The normalized spacial score (nSPS) is 12.0. The highest BCUT2D eigenvalue weighted by atomic mass is 16.4. The van der Waals surface area contributed by atoms with E-state index in [2.05, 4.69) is 10.3 Å². The lowest BCUT2D eigenvalue weighted by Crippen LogP contribution is -2.25. The molecule has 0 aliphatic carbocycles. The summed E-state index contributed by atoms with van der Waals surface area (Å²) in [5, 5.41) is 12.7. The average Bonchev–Trinajstić information content (AvgIpc) is 2.45. The lowest BCUT2D eigenvalue weighted by atomic mass is 10.1. The number of para-hydroxylation sites is 1. The first kappa shape index (κ1) is 14.8. The molecule has 2 aromatic rings. The Hall–Kier alpha value is -2.63. The van der Waals surface area contributed by atoms with Crippen molar-refractivity contribution in [3.8, 4) is 0 Å². The van der Waals surface area contributed by atoms with Crippen molar-refractivity contribution in [2.24, 2.45) is 5.73 Å². The number of carbonyl (C=O) groups is 2. The molecule has 1 amide bonds. The van der Waals surface area contributed by atoms with Crippen molar-refractivity contribution in [1.82, 2.24) is 4.98 Å². The van der Waals surface area contributed by atoms with Crippen molar-refractivity contribution in [1.29, 1.82) is 0 Å². The zero-order chi connectivity index (χ0) is 15.4. The third-order valence-electron chi connectivity index (χ3n) is 3.24. The van der Waals surface area contributed by atoms with Gasteiger partial charge in [0.2, 0.25) is 0 Å². The molecule has 1 aromatic carbocycles. The number of carboxylic acid groups (broad SMARTS) is 1. The molecule has 110 valence electrons. The molecule has 0 saturated heterocycles. The predicted octanol–water partition coefficient (Wildman–Crippen LogP) is 2.00. The highest BCUT2D eigenvalue weighted by Gasteiger charge is 2.17. The number of hydrogen-bond donors (Lipinski definition) is 3. The smallest absolute Gasteiger partial charge is 0.305 e. The second-order valence-electron chi connectivity index (χ2n) is 4.79. The Morgan fingerprint density at radius 2 is 2.10 bits per heavy atom. The molecule has 0 aliphatic heterocycles. The van der Waals surface area contributed by atoms with Gasteiger partial charge in [-0.15, -0.1) is 0 Å². The molecular weight excluding hydrogens is 270 g/mol. The fraction of sp³-hybridized carbons (Fsp3) is 0.267. The van der Waals surface area contributed by atoms with Gasteiger partial charge in [0.25, 0.3) is 5.91 Å². The fourth-order valence-electron chi connectivity index (χ4n) is 2.12. The number of carbonyl (C=O) groups excluding carboxylic acids is 1. The summed E-state index contributed by atoms with van der Waals surface area (Å²) >= 11 is 0. The molecule has 0 radical (unpaired) electrons. The maximum absolute atomic E-state index is 11.6. The maximum Gasteiger partial charge on any atom is 0.305 e. The van der Waals surface area contributed by atoms with Gasteiger partial charge in [-0.3, -0.25) is 9.59 Å². The van der Waals surface area contributed by atoms with E-state index in [1.807, 2.05) is 31.2 Å². The first-order valence-corrected chi connectivity index (χ1v) is 6.69. The summed E-state index contributed by atoms with van der Waals surface area (Å²) in [7, 11) is 0. The molecule has 1 heterocycles. The Kier molecular flexibility index (Phi) is 4.37. The Bertz CT molecular complexity index is 685. The van der Waals surface area contributed by atoms with Crippen molar-refractivity contribution in [3.63, 3.8) is 0 Å². The number of anilines is 1. The molecule has 1 unspecified atom stereocenters. The second kappa shape index (κ2) is 6.21. The van der Waals surface area contributed by atoms with Crippen LogP contribution in [0.2, 0.25) is 0 Å². The molecule has 1 aromatic heterocycles. The van der Waals surface area contributed by atoms with Gasteiger partial charge in [-0.1, -0.05) is 25.1 Å². The number of carboxylic acids is 1. The number of rotatable bonds is 6. The standard InChI is InChI=1S/C15H17N3O3/c1-2-10(8-13(19)20)17-15-11(14(16)21)7-9-5-3-4-6-12(9)18-15/h3-7,10H,2,8H2,1H3,(H2,16,21)(H,17,18)(H,19,20). The molecule has 0 spiro atoms. The van der Waals surface area contributed by atoms with Crippen molar-refractivity contribution >= 4 is 28.6 Å². The number of hydrogen-bond acceptors (Lipinski definition) is 4. The van der Waals surface area contributed by atoms with Crippen LogP contribution in [-0.2, 0) is 4.79 Å². The summed E-state index contributed by atoms with van der Waals surface area (Å²) in [6.45, 7) is 1.87. The molecule has 0 aliphatic rings. The van der Waals surface area contributed by atoms with Crippen LogP contribution in [0.1, 0.15) is 30.1 Å². The predicted molar refractivity (Wildman–Crippen MR) is 80.2 cm³/mol. The second-order valence-corrected chi connectivity index (χ2v) is 4.79. The van der Waals surface area contributed by atoms with Gasteiger partial charge in [-0.25, -0.2) is 4.98 Å². The topological polar surface area (TPSA) is 105 Å². The Balaban J connectivity index is 2.42. The third-order valence-corrected chi connectivity index (χ3v) is 3.24. The Labute approximate surface area is 122 Å². The molecule has 0 fully saturated rings. The van der Waals surface area contributed by atoms with Crippen LogP contribution >= 0.6 is 0 Å². The van der Waals surface area contributed by atoms with E-state index in [0.29, 0.717) is 12.2 Å². The van der Waals surface area contributed by atoms with Gasteiger partial charge in [0, 0.05) is 11.4 Å². The molecule has 0 bridgehead atoms. The lowest BCUT2D eigenvalue weighted by molar-refractivity contribution is -0.137. The van der Waals surface area contributed by atoms with E-state index < -0.39 is 11.9 Å². The van der Waals surface area contributed by atoms with Crippen LogP contribution in [0.15, 0.2) is 30.3 Å². The Morgan fingerprint density at radius 1 is 1.38 bits per heavy atom. The maximum atomic E-state index is 11.6. The molecule has 2 rings (SSSR count). The van der Waals surface area contributed by atoms with Crippen molar-refractivity contribution in [3.05, 3.63) is 35.9 Å². The molecular formula is C15H17N3O3. The van der Waals surface area contributed by atoms with Crippen LogP contribution in [-0.4, -0.2) is 28.0 Å². The minimum atomic E-state index is -0.907. The molecule has 21 heavy (non-hydrogen) atoms. The molecule has 6 nitrogen and oxygen atoms in total. The van der Waals surface area contributed by atoms with Gasteiger partial charge in [0.05, 0.1) is 17.5 Å². The van der Waals surface area contributed by atoms with Gasteiger partial charge >= 0.3 is 5.97 Å². The third kappa shape index (κ3) is 3.47. The SMILES string of the molecule is CCC(CC(=O)O)Nc1nc2ccccc2cc1C(N)=O. The average molecular weight is 287 g/mol. The number of amides is 1. The largest absolute Gasteiger partial charge is 0.481 e. The lowest BCUT2D eigenvalue weighted by Gasteiger charge is -2.17. The summed E-state index contributed by atoms with van der Waals surface area (Å²) in [5.41, 5.74) is 6.37. The van der Waals surface area contributed by atoms with Crippen LogP contribution in [0, 0.1) is 0 Å². The molecule has 4 N–H and O–H groups in total. The zero-order valence-electron chi connectivity index (χ0n) is 11.7. The quantitative estimate of drug-likeness (QED) is 0.753. The molecule has 6 heteroatoms. The van der Waals surface area contributed by atoms with Gasteiger partial charge < -0.3 is 16.2 Å². The Morgan fingerprint density at radius 3 is 2.71 bits per heavy atom.